The van der Waals surface area contributed by atoms with E-state index in [1.54, 1.807) is 32.2 Å². The summed E-state index contributed by atoms with van der Waals surface area (Å²) in [5.41, 5.74) is 1.72. The lowest BCUT2D eigenvalue weighted by Gasteiger charge is -2.10. The molecule has 0 bridgehead atoms. The van der Waals surface area contributed by atoms with Crippen LogP contribution in [0.4, 0.5) is 5.69 Å². The van der Waals surface area contributed by atoms with E-state index in [4.69, 9.17) is 11.6 Å². The molecule has 1 aromatic carbocycles. The van der Waals surface area contributed by atoms with Gasteiger partial charge in [0, 0.05) is 18.3 Å². The number of benzene rings is 1. The Balaban J connectivity index is 2.26. The van der Waals surface area contributed by atoms with Gasteiger partial charge in [-0.25, -0.2) is 0 Å². The molecule has 0 spiro atoms. The molecular formula is C12H11ClN4O2S. The quantitative estimate of drug-likeness (QED) is 0.909. The van der Waals surface area contributed by atoms with Crippen molar-refractivity contribution in [3.63, 3.8) is 0 Å². The predicted octanol–water partition coefficient (Wildman–Crippen LogP) is 2.11. The van der Waals surface area contributed by atoms with Crippen molar-refractivity contribution < 1.29 is 9.59 Å². The smallest absolute Gasteiger partial charge is 0.286 e. The molecule has 0 fully saturated rings. The highest BCUT2D eigenvalue weighted by atomic mass is 35.5. The first kappa shape index (κ1) is 14.4. The predicted molar refractivity (Wildman–Crippen MR) is 77.4 cm³/mol. The van der Waals surface area contributed by atoms with Gasteiger partial charge in [0.25, 0.3) is 11.8 Å². The van der Waals surface area contributed by atoms with Crippen molar-refractivity contribution in [3.8, 4) is 0 Å². The summed E-state index contributed by atoms with van der Waals surface area (Å²) >= 11 is 6.62. The molecule has 104 valence electrons. The fourth-order valence-corrected chi connectivity index (χ4v) is 2.35. The Morgan fingerprint density at radius 1 is 1.25 bits per heavy atom. The average molecular weight is 311 g/mol. The van der Waals surface area contributed by atoms with Crippen molar-refractivity contribution >= 4 is 40.4 Å². The maximum atomic E-state index is 12.0. The number of aromatic nitrogens is 2. The van der Waals surface area contributed by atoms with E-state index in [2.05, 4.69) is 20.8 Å². The molecule has 1 aromatic heterocycles. The van der Waals surface area contributed by atoms with E-state index < -0.39 is 5.91 Å². The van der Waals surface area contributed by atoms with E-state index in [1.807, 2.05) is 0 Å². The first-order valence-corrected chi connectivity index (χ1v) is 6.84. The highest BCUT2D eigenvalue weighted by Gasteiger charge is 2.15. The molecule has 0 aliphatic carbocycles. The Labute approximate surface area is 124 Å². The number of anilines is 1. The molecule has 0 atom stereocenters. The Bertz CT molecular complexity index is 671. The van der Waals surface area contributed by atoms with Gasteiger partial charge in [-0.2, -0.15) is 0 Å². The molecule has 0 radical (unpaired) electrons. The molecular weight excluding hydrogens is 300 g/mol. The molecule has 2 aromatic rings. The van der Waals surface area contributed by atoms with Crippen LogP contribution in [-0.4, -0.2) is 29.1 Å². The van der Waals surface area contributed by atoms with E-state index in [0.29, 0.717) is 16.8 Å². The number of nitrogens with zero attached hydrogens (tertiary/aromatic N) is 2. The molecule has 0 saturated heterocycles. The highest BCUT2D eigenvalue weighted by Crippen LogP contribution is 2.21. The van der Waals surface area contributed by atoms with E-state index in [0.717, 1.165) is 11.3 Å². The lowest BCUT2D eigenvalue weighted by atomic mass is 10.1. The summed E-state index contributed by atoms with van der Waals surface area (Å²) in [6.07, 6.45) is 0. The lowest BCUT2D eigenvalue weighted by Crippen LogP contribution is -2.20. The normalized spacial score (nSPS) is 10.2. The first-order valence-electron chi connectivity index (χ1n) is 5.65. The summed E-state index contributed by atoms with van der Waals surface area (Å²) < 4.78 is 0.200. The third kappa shape index (κ3) is 2.94. The van der Waals surface area contributed by atoms with Gasteiger partial charge in [-0.15, -0.1) is 10.2 Å². The van der Waals surface area contributed by atoms with Crippen molar-refractivity contribution in [1.82, 2.24) is 15.5 Å². The number of amides is 2. The van der Waals surface area contributed by atoms with Gasteiger partial charge in [0.1, 0.15) is 0 Å². The molecule has 20 heavy (non-hydrogen) atoms. The summed E-state index contributed by atoms with van der Waals surface area (Å²) in [6.45, 7) is 1.76. The number of carbonyl (C=O) groups excluding carboxylic acids is 2. The van der Waals surface area contributed by atoms with Crippen molar-refractivity contribution in [2.75, 3.05) is 12.4 Å². The van der Waals surface area contributed by atoms with Crippen LogP contribution in [0.15, 0.2) is 18.2 Å². The Kier molecular flexibility index (Phi) is 4.31. The second-order valence-corrected chi connectivity index (χ2v) is 5.43. The van der Waals surface area contributed by atoms with E-state index in [-0.39, 0.29) is 15.4 Å². The van der Waals surface area contributed by atoms with Gasteiger partial charge >= 0.3 is 0 Å². The van der Waals surface area contributed by atoms with Gasteiger partial charge in [0.2, 0.25) is 9.47 Å². The third-order valence-electron chi connectivity index (χ3n) is 2.65. The average Bonchev–Trinajstić information content (AvgIpc) is 2.87. The van der Waals surface area contributed by atoms with Gasteiger partial charge < -0.3 is 10.6 Å². The van der Waals surface area contributed by atoms with Crippen LogP contribution in [0.2, 0.25) is 4.47 Å². The van der Waals surface area contributed by atoms with Crippen molar-refractivity contribution in [3.05, 3.63) is 38.8 Å². The Morgan fingerprint density at radius 2 is 2.00 bits per heavy atom. The largest absolute Gasteiger partial charge is 0.355 e. The molecule has 6 nitrogen and oxygen atoms in total. The van der Waals surface area contributed by atoms with Crippen LogP contribution in [0.5, 0.6) is 0 Å². The van der Waals surface area contributed by atoms with Crippen molar-refractivity contribution in [2.24, 2.45) is 0 Å². The maximum Gasteiger partial charge on any atom is 0.286 e. The molecule has 0 aliphatic heterocycles. The molecule has 1 heterocycles. The maximum absolute atomic E-state index is 12.0. The summed E-state index contributed by atoms with van der Waals surface area (Å²) in [7, 11) is 1.55. The van der Waals surface area contributed by atoms with Crippen LogP contribution >= 0.6 is 22.9 Å². The Morgan fingerprint density at radius 3 is 2.60 bits per heavy atom. The second-order valence-electron chi connectivity index (χ2n) is 3.87. The summed E-state index contributed by atoms with van der Waals surface area (Å²) in [4.78, 5) is 23.7. The summed E-state index contributed by atoms with van der Waals surface area (Å²) in [5.74, 6) is -0.621. The monoisotopic (exact) mass is 310 g/mol. The van der Waals surface area contributed by atoms with Crippen molar-refractivity contribution in [2.45, 2.75) is 6.92 Å². The van der Waals surface area contributed by atoms with Gasteiger partial charge in [-0.1, -0.05) is 17.4 Å². The molecule has 0 aliphatic rings. The highest BCUT2D eigenvalue weighted by molar-refractivity contribution is 7.17. The van der Waals surface area contributed by atoms with E-state index in [1.165, 1.54) is 0 Å². The summed E-state index contributed by atoms with van der Waals surface area (Å²) in [5, 5.41) is 12.6. The van der Waals surface area contributed by atoms with Crippen LogP contribution in [0.25, 0.3) is 0 Å². The SMILES string of the molecule is CNC(=O)c1cccc(NC(=O)c2nnc(Cl)s2)c1C. The Hall–Kier alpha value is -1.99. The first-order chi connectivity index (χ1) is 9.52. The van der Waals surface area contributed by atoms with Crippen molar-refractivity contribution in [1.29, 1.82) is 0 Å². The van der Waals surface area contributed by atoms with Gasteiger partial charge in [0.15, 0.2) is 0 Å². The number of carbonyl (C=O) groups is 2. The fourth-order valence-electron chi connectivity index (χ4n) is 1.62. The zero-order chi connectivity index (χ0) is 14.7. The minimum absolute atomic E-state index is 0.166. The van der Waals surface area contributed by atoms with Gasteiger partial charge in [0.05, 0.1) is 0 Å². The molecule has 0 saturated carbocycles. The van der Waals surface area contributed by atoms with Crippen LogP contribution < -0.4 is 10.6 Å². The third-order valence-corrected chi connectivity index (χ3v) is 3.67. The molecule has 0 unspecified atom stereocenters. The number of rotatable bonds is 3. The van der Waals surface area contributed by atoms with Gasteiger partial charge in [-0.05, 0) is 36.2 Å². The van der Waals surface area contributed by atoms with E-state index >= 15 is 0 Å². The zero-order valence-corrected chi connectivity index (χ0v) is 12.3. The topological polar surface area (TPSA) is 84.0 Å². The number of hydrogen-bond acceptors (Lipinski definition) is 5. The van der Waals surface area contributed by atoms with Crippen LogP contribution in [-0.2, 0) is 0 Å². The number of nitrogens with one attached hydrogen (secondary N) is 2. The standard InChI is InChI=1S/C12H11ClN4O2S/c1-6-7(9(18)14-2)4-3-5-8(6)15-10(19)11-16-17-12(13)20-11/h3-5H,1-2H3,(H,14,18)(H,15,19). The molecule has 2 rings (SSSR count). The van der Waals surface area contributed by atoms with Crippen LogP contribution in [0.3, 0.4) is 0 Å². The second kappa shape index (κ2) is 5.98. The zero-order valence-electron chi connectivity index (χ0n) is 10.7. The fraction of sp³-hybridized carbons (Fsp3) is 0.167. The number of halogens is 1. The molecule has 2 amide bonds. The lowest BCUT2D eigenvalue weighted by molar-refractivity contribution is 0.0960. The minimum Gasteiger partial charge on any atom is -0.355 e. The van der Waals surface area contributed by atoms with Crippen LogP contribution in [0.1, 0.15) is 25.7 Å². The van der Waals surface area contributed by atoms with E-state index in [9.17, 15) is 9.59 Å². The molecule has 8 heteroatoms. The summed E-state index contributed by atoms with van der Waals surface area (Å²) in [6, 6.07) is 5.09. The molecule has 2 N–H and O–H groups in total. The van der Waals surface area contributed by atoms with Gasteiger partial charge in [-0.3, -0.25) is 9.59 Å². The number of hydrogen-bond donors (Lipinski definition) is 2. The van der Waals surface area contributed by atoms with Crippen LogP contribution in [0, 0.1) is 6.92 Å². The minimum atomic E-state index is -0.411.